The van der Waals surface area contributed by atoms with E-state index in [2.05, 4.69) is 31.0 Å². The zero-order chi connectivity index (χ0) is 11.1. The largest absolute Gasteiger partial charge is 0.381 e. The van der Waals surface area contributed by atoms with Crippen LogP contribution in [0.2, 0.25) is 0 Å². The van der Waals surface area contributed by atoms with E-state index in [-0.39, 0.29) is 6.04 Å². The van der Waals surface area contributed by atoms with Crippen molar-refractivity contribution in [3.05, 3.63) is 42.5 Å². The van der Waals surface area contributed by atoms with Gasteiger partial charge in [-0.25, -0.2) is 0 Å². The number of nitrogens with zero attached hydrogens (tertiary/aromatic N) is 1. The molecule has 0 fully saturated rings. The molecule has 0 amide bonds. The second-order valence-electron chi connectivity index (χ2n) is 3.54. The Bertz CT molecular complexity index is 363. The molecule has 0 aliphatic heterocycles. The summed E-state index contributed by atoms with van der Waals surface area (Å²) < 4.78 is 0. The molecular weight excluding hydrogens is 184 g/mol. The van der Waals surface area contributed by atoms with Crippen LogP contribution < -0.4 is 5.32 Å². The fourth-order valence-corrected chi connectivity index (χ4v) is 1.46. The van der Waals surface area contributed by atoms with Crippen LogP contribution in [0.15, 0.2) is 36.9 Å². The van der Waals surface area contributed by atoms with E-state index in [4.69, 9.17) is 5.26 Å². The molecule has 0 aliphatic rings. The average Bonchev–Trinajstić information content (AvgIpc) is 2.22. The van der Waals surface area contributed by atoms with E-state index in [1.165, 1.54) is 5.56 Å². The Labute approximate surface area is 91.2 Å². The zero-order valence-electron chi connectivity index (χ0n) is 9.03. The molecule has 0 saturated heterocycles. The monoisotopic (exact) mass is 200 g/mol. The number of nitriles is 1. The molecule has 0 saturated carbocycles. The molecule has 0 spiro atoms. The van der Waals surface area contributed by atoms with Crippen LogP contribution in [0, 0.1) is 18.3 Å². The van der Waals surface area contributed by atoms with Crippen LogP contribution in [0.3, 0.4) is 0 Å². The number of aryl methyl sites for hydroxylation is 1. The Morgan fingerprint density at radius 3 is 2.87 bits per heavy atom. The minimum Gasteiger partial charge on any atom is -0.381 e. The molecule has 0 bridgehead atoms. The van der Waals surface area contributed by atoms with Gasteiger partial charge in [0.1, 0.15) is 0 Å². The number of para-hydroxylation sites is 1. The first-order chi connectivity index (χ1) is 7.27. The van der Waals surface area contributed by atoms with Crippen molar-refractivity contribution >= 4 is 5.69 Å². The smallest absolute Gasteiger partial charge is 0.0643 e. The van der Waals surface area contributed by atoms with Gasteiger partial charge in [-0.05, 0) is 25.0 Å². The Balaban J connectivity index is 2.70. The van der Waals surface area contributed by atoms with E-state index < -0.39 is 0 Å². The van der Waals surface area contributed by atoms with Gasteiger partial charge in [0.25, 0.3) is 0 Å². The van der Waals surface area contributed by atoms with Crippen LogP contribution in [-0.2, 0) is 0 Å². The first-order valence-corrected chi connectivity index (χ1v) is 5.08. The number of nitrogens with one attached hydrogen (secondary N) is 1. The molecule has 1 atom stereocenters. The van der Waals surface area contributed by atoms with E-state index in [1.807, 2.05) is 24.3 Å². The van der Waals surface area contributed by atoms with Gasteiger partial charge in [-0.2, -0.15) is 5.26 Å². The highest BCUT2D eigenvalue weighted by Gasteiger charge is 2.06. The van der Waals surface area contributed by atoms with Gasteiger partial charge in [0.15, 0.2) is 0 Å². The summed E-state index contributed by atoms with van der Waals surface area (Å²) in [5.74, 6) is 0. The Morgan fingerprint density at radius 1 is 1.53 bits per heavy atom. The quantitative estimate of drug-likeness (QED) is 0.740. The van der Waals surface area contributed by atoms with Crippen LogP contribution >= 0.6 is 0 Å². The Hall–Kier alpha value is -1.75. The lowest BCUT2D eigenvalue weighted by Gasteiger charge is -2.16. The summed E-state index contributed by atoms with van der Waals surface area (Å²) in [5, 5.41) is 12.0. The molecule has 0 aromatic heterocycles. The molecule has 0 aliphatic carbocycles. The van der Waals surface area contributed by atoms with Crippen LogP contribution in [-0.4, -0.2) is 6.04 Å². The predicted molar refractivity (Wildman–Crippen MR) is 63.6 cm³/mol. The number of hydrogen-bond acceptors (Lipinski definition) is 2. The third-order valence-corrected chi connectivity index (χ3v) is 2.29. The first kappa shape index (κ1) is 11.3. The fourth-order valence-electron chi connectivity index (χ4n) is 1.46. The minimum atomic E-state index is 0.161. The van der Waals surface area contributed by atoms with Crippen molar-refractivity contribution in [2.75, 3.05) is 5.32 Å². The van der Waals surface area contributed by atoms with Gasteiger partial charge in [-0.15, -0.1) is 6.58 Å². The third-order valence-electron chi connectivity index (χ3n) is 2.29. The van der Waals surface area contributed by atoms with Crippen LogP contribution in [0.1, 0.15) is 18.4 Å². The van der Waals surface area contributed by atoms with Crippen molar-refractivity contribution in [2.24, 2.45) is 0 Å². The molecule has 1 aromatic carbocycles. The standard InChI is InChI=1S/C13H16N2/c1-3-6-12(9-10-14)15-13-8-5-4-7-11(13)2/h3-5,7-8,12,15H,1,6,9H2,2H3. The van der Waals surface area contributed by atoms with Gasteiger partial charge in [0.05, 0.1) is 12.5 Å². The Kier molecular flexibility index (Phi) is 4.43. The molecule has 1 rings (SSSR count). The lowest BCUT2D eigenvalue weighted by atomic mass is 10.1. The fraction of sp³-hybridized carbons (Fsp3) is 0.308. The lowest BCUT2D eigenvalue weighted by molar-refractivity contribution is 0.751. The maximum Gasteiger partial charge on any atom is 0.0643 e. The molecule has 2 nitrogen and oxygen atoms in total. The number of rotatable bonds is 5. The summed E-state index contributed by atoms with van der Waals surface area (Å²) in [4.78, 5) is 0. The summed E-state index contributed by atoms with van der Waals surface area (Å²) >= 11 is 0. The molecule has 1 unspecified atom stereocenters. The van der Waals surface area contributed by atoms with Crippen molar-refractivity contribution in [2.45, 2.75) is 25.8 Å². The van der Waals surface area contributed by atoms with Gasteiger partial charge in [-0.1, -0.05) is 24.3 Å². The van der Waals surface area contributed by atoms with E-state index in [9.17, 15) is 0 Å². The second kappa shape index (κ2) is 5.87. The number of benzene rings is 1. The van der Waals surface area contributed by atoms with E-state index in [0.717, 1.165) is 12.1 Å². The summed E-state index contributed by atoms with van der Waals surface area (Å²) in [6, 6.07) is 10.4. The van der Waals surface area contributed by atoms with Gasteiger partial charge in [0.2, 0.25) is 0 Å². The van der Waals surface area contributed by atoms with Gasteiger partial charge < -0.3 is 5.32 Å². The highest BCUT2D eigenvalue weighted by molar-refractivity contribution is 5.51. The highest BCUT2D eigenvalue weighted by atomic mass is 14.9. The van der Waals surface area contributed by atoms with Crippen molar-refractivity contribution in [3.63, 3.8) is 0 Å². The number of anilines is 1. The predicted octanol–water partition coefficient (Wildman–Crippen LogP) is 3.27. The maximum absolute atomic E-state index is 8.69. The zero-order valence-corrected chi connectivity index (χ0v) is 9.03. The van der Waals surface area contributed by atoms with Crippen molar-refractivity contribution < 1.29 is 0 Å². The van der Waals surface area contributed by atoms with Gasteiger partial charge in [-0.3, -0.25) is 0 Å². The highest BCUT2D eigenvalue weighted by Crippen LogP contribution is 2.16. The molecule has 1 aromatic rings. The van der Waals surface area contributed by atoms with Crippen molar-refractivity contribution in [1.29, 1.82) is 5.26 Å². The summed E-state index contributed by atoms with van der Waals surface area (Å²) in [6.45, 7) is 5.75. The molecule has 1 N–H and O–H groups in total. The van der Waals surface area contributed by atoms with E-state index in [1.54, 1.807) is 0 Å². The van der Waals surface area contributed by atoms with Crippen molar-refractivity contribution in [1.82, 2.24) is 0 Å². The maximum atomic E-state index is 8.69. The third kappa shape index (κ3) is 3.47. The SMILES string of the molecule is C=CCC(CC#N)Nc1ccccc1C. The molecule has 78 valence electrons. The molecular formula is C13H16N2. The van der Waals surface area contributed by atoms with Crippen LogP contribution in [0.25, 0.3) is 0 Å². The lowest BCUT2D eigenvalue weighted by Crippen LogP contribution is -2.18. The molecule has 0 heterocycles. The van der Waals surface area contributed by atoms with Gasteiger partial charge in [0, 0.05) is 11.7 Å². The molecule has 0 radical (unpaired) electrons. The summed E-state index contributed by atoms with van der Waals surface area (Å²) in [7, 11) is 0. The van der Waals surface area contributed by atoms with E-state index in [0.29, 0.717) is 6.42 Å². The van der Waals surface area contributed by atoms with Crippen LogP contribution in [0.5, 0.6) is 0 Å². The van der Waals surface area contributed by atoms with Gasteiger partial charge >= 0.3 is 0 Å². The Morgan fingerprint density at radius 2 is 2.27 bits per heavy atom. The minimum absolute atomic E-state index is 0.161. The number of hydrogen-bond donors (Lipinski definition) is 1. The summed E-state index contributed by atoms with van der Waals surface area (Å²) in [6.07, 6.45) is 3.15. The van der Waals surface area contributed by atoms with E-state index >= 15 is 0 Å². The summed E-state index contributed by atoms with van der Waals surface area (Å²) in [5.41, 5.74) is 2.30. The van der Waals surface area contributed by atoms with Crippen molar-refractivity contribution in [3.8, 4) is 6.07 Å². The molecule has 2 heteroatoms. The normalized spacial score (nSPS) is 11.5. The second-order valence-corrected chi connectivity index (χ2v) is 3.54. The first-order valence-electron chi connectivity index (χ1n) is 5.08. The van der Waals surface area contributed by atoms with Crippen LogP contribution in [0.4, 0.5) is 5.69 Å². The topological polar surface area (TPSA) is 35.8 Å². The average molecular weight is 200 g/mol. The molecule has 15 heavy (non-hydrogen) atoms.